The van der Waals surface area contributed by atoms with E-state index in [1.165, 1.54) is 18.5 Å². The molecule has 0 spiro atoms. The topological polar surface area (TPSA) is 89.3 Å². The van der Waals surface area contributed by atoms with Crippen LogP contribution >= 0.6 is 10.7 Å². The molecule has 1 aromatic heterocycles. The van der Waals surface area contributed by atoms with Crippen LogP contribution in [-0.2, 0) is 15.5 Å². The molecule has 1 N–H and O–H groups in total. The number of carbonyl (C=O) groups is 1. The number of rotatable bonds is 5. The van der Waals surface area contributed by atoms with Crippen molar-refractivity contribution in [3.05, 3.63) is 47.7 Å². The molecule has 0 saturated heterocycles. The van der Waals surface area contributed by atoms with Gasteiger partial charge in [0.2, 0.25) is 5.76 Å². The molecule has 0 aliphatic heterocycles. The molecule has 0 fully saturated rings. The average molecular weight is 329 g/mol. The van der Waals surface area contributed by atoms with Crippen molar-refractivity contribution in [3.63, 3.8) is 0 Å². The summed E-state index contributed by atoms with van der Waals surface area (Å²) in [5, 5.41) is 2.70. The van der Waals surface area contributed by atoms with E-state index in [0.29, 0.717) is 18.7 Å². The molecule has 0 bridgehead atoms. The summed E-state index contributed by atoms with van der Waals surface area (Å²) in [5.41, 5.74) is 1.41. The van der Waals surface area contributed by atoms with Crippen LogP contribution in [0.2, 0.25) is 0 Å². The Hall–Kier alpha value is -1.86. The van der Waals surface area contributed by atoms with Gasteiger partial charge in [-0.25, -0.2) is 13.4 Å². The van der Waals surface area contributed by atoms with Gasteiger partial charge in [-0.1, -0.05) is 12.1 Å². The molecule has 21 heavy (non-hydrogen) atoms. The zero-order chi connectivity index (χ0) is 15.5. The van der Waals surface area contributed by atoms with Crippen LogP contribution in [0.5, 0.6) is 0 Å². The minimum atomic E-state index is -3.70. The number of amides is 1. The lowest BCUT2D eigenvalue weighted by atomic mass is 10.1. The molecule has 0 unspecified atom stereocenters. The third kappa shape index (κ3) is 4.05. The zero-order valence-electron chi connectivity index (χ0n) is 11.2. The van der Waals surface area contributed by atoms with Crippen LogP contribution in [0.15, 0.2) is 40.0 Å². The smallest absolute Gasteiger partial charge is 0.289 e. The molecule has 0 aliphatic carbocycles. The van der Waals surface area contributed by atoms with Crippen LogP contribution in [0.1, 0.15) is 21.8 Å². The van der Waals surface area contributed by atoms with E-state index >= 15 is 0 Å². The summed E-state index contributed by atoms with van der Waals surface area (Å²) < 4.78 is 27.2. The second-order valence-corrected chi connectivity index (χ2v) is 6.92. The van der Waals surface area contributed by atoms with Crippen molar-refractivity contribution < 1.29 is 17.6 Å². The van der Waals surface area contributed by atoms with Gasteiger partial charge in [-0.15, -0.1) is 0 Å². The van der Waals surface area contributed by atoms with Crippen molar-refractivity contribution in [2.24, 2.45) is 0 Å². The van der Waals surface area contributed by atoms with Crippen molar-refractivity contribution in [2.45, 2.75) is 18.2 Å². The monoisotopic (exact) mass is 328 g/mol. The minimum Gasteiger partial charge on any atom is -0.438 e. The van der Waals surface area contributed by atoms with E-state index in [1.807, 2.05) is 0 Å². The van der Waals surface area contributed by atoms with Gasteiger partial charge in [0.05, 0.1) is 10.6 Å². The van der Waals surface area contributed by atoms with E-state index in [4.69, 9.17) is 15.1 Å². The highest BCUT2D eigenvalue weighted by Gasteiger charge is 2.13. The Bertz CT molecular complexity index is 738. The number of carbonyl (C=O) groups excluding carboxylic acids is 1. The van der Waals surface area contributed by atoms with E-state index in [-0.39, 0.29) is 16.6 Å². The summed E-state index contributed by atoms with van der Waals surface area (Å²) in [6.07, 6.45) is 1.77. The number of nitrogens with zero attached hydrogens (tertiary/aromatic N) is 1. The molecule has 2 rings (SSSR count). The van der Waals surface area contributed by atoms with Gasteiger partial charge in [-0.2, -0.15) is 0 Å². The van der Waals surface area contributed by atoms with Crippen LogP contribution in [-0.4, -0.2) is 25.9 Å². The molecule has 0 atom stereocenters. The maximum absolute atomic E-state index is 11.8. The third-order valence-corrected chi connectivity index (χ3v) is 4.23. The molecule has 0 aliphatic rings. The van der Waals surface area contributed by atoms with Crippen LogP contribution in [0, 0.1) is 6.92 Å². The quantitative estimate of drug-likeness (QED) is 0.846. The first-order valence-corrected chi connectivity index (χ1v) is 8.41. The third-order valence-electron chi connectivity index (χ3n) is 2.86. The van der Waals surface area contributed by atoms with Crippen molar-refractivity contribution in [1.29, 1.82) is 0 Å². The predicted molar refractivity (Wildman–Crippen MR) is 76.8 cm³/mol. The Morgan fingerprint density at radius 3 is 2.52 bits per heavy atom. The van der Waals surface area contributed by atoms with Gasteiger partial charge in [0.25, 0.3) is 15.0 Å². The Kier molecular flexibility index (Phi) is 4.64. The number of oxazole rings is 1. The molecule has 2 aromatic rings. The summed E-state index contributed by atoms with van der Waals surface area (Å²) in [6, 6.07) is 6.17. The fraction of sp³-hybridized carbons (Fsp3) is 0.231. The number of benzene rings is 1. The highest BCUT2D eigenvalue weighted by molar-refractivity contribution is 8.13. The van der Waals surface area contributed by atoms with E-state index < -0.39 is 9.05 Å². The predicted octanol–water partition coefficient (Wildman–Crippen LogP) is 1.88. The highest BCUT2D eigenvalue weighted by Crippen LogP contribution is 2.15. The van der Waals surface area contributed by atoms with Gasteiger partial charge < -0.3 is 9.73 Å². The van der Waals surface area contributed by atoms with E-state index in [1.54, 1.807) is 19.1 Å². The largest absolute Gasteiger partial charge is 0.438 e. The van der Waals surface area contributed by atoms with Gasteiger partial charge in [-0.3, -0.25) is 4.79 Å². The number of hydrogen-bond donors (Lipinski definition) is 1. The Morgan fingerprint density at radius 2 is 2.00 bits per heavy atom. The standard InChI is InChI=1S/C13H13ClN2O4S/c1-9-12(20-8-16-9)13(17)15-7-6-10-2-4-11(5-3-10)21(14,18)19/h2-5,8H,6-7H2,1H3,(H,15,17). The van der Waals surface area contributed by atoms with Crippen molar-refractivity contribution in [1.82, 2.24) is 10.3 Å². The maximum Gasteiger partial charge on any atom is 0.289 e. The second-order valence-electron chi connectivity index (χ2n) is 4.35. The second kappa shape index (κ2) is 6.28. The van der Waals surface area contributed by atoms with Crippen LogP contribution in [0.25, 0.3) is 0 Å². The van der Waals surface area contributed by atoms with Crippen molar-refractivity contribution in [3.8, 4) is 0 Å². The van der Waals surface area contributed by atoms with Gasteiger partial charge in [-0.05, 0) is 31.0 Å². The molecule has 0 saturated carbocycles. The first-order valence-electron chi connectivity index (χ1n) is 6.10. The van der Waals surface area contributed by atoms with Crippen LogP contribution in [0.3, 0.4) is 0 Å². The van der Waals surface area contributed by atoms with E-state index in [9.17, 15) is 13.2 Å². The fourth-order valence-corrected chi connectivity index (χ4v) is 2.51. The molecule has 0 radical (unpaired) electrons. The highest BCUT2D eigenvalue weighted by atomic mass is 35.7. The van der Waals surface area contributed by atoms with Gasteiger partial charge in [0, 0.05) is 17.2 Å². The number of halogens is 1. The molecule has 8 heteroatoms. The minimum absolute atomic E-state index is 0.0502. The Balaban J connectivity index is 1.89. The normalized spacial score (nSPS) is 11.3. The van der Waals surface area contributed by atoms with Crippen LogP contribution < -0.4 is 5.32 Å². The number of aryl methyl sites for hydroxylation is 1. The number of aromatic nitrogens is 1. The van der Waals surface area contributed by atoms with Crippen molar-refractivity contribution >= 4 is 25.6 Å². The van der Waals surface area contributed by atoms with Gasteiger partial charge in [0.1, 0.15) is 0 Å². The molecule has 1 amide bonds. The summed E-state index contributed by atoms with van der Waals surface area (Å²) in [5.74, 6) is -0.136. The molecular weight excluding hydrogens is 316 g/mol. The molecule has 1 heterocycles. The lowest BCUT2D eigenvalue weighted by molar-refractivity contribution is 0.0925. The first kappa shape index (κ1) is 15.5. The van der Waals surface area contributed by atoms with Gasteiger partial charge >= 0.3 is 0 Å². The Morgan fingerprint density at radius 1 is 1.33 bits per heavy atom. The van der Waals surface area contributed by atoms with Crippen molar-refractivity contribution in [2.75, 3.05) is 6.54 Å². The number of nitrogens with one attached hydrogen (secondary N) is 1. The molecule has 112 valence electrons. The van der Waals surface area contributed by atoms with Crippen LogP contribution in [0.4, 0.5) is 0 Å². The lowest BCUT2D eigenvalue weighted by Crippen LogP contribution is -2.25. The SMILES string of the molecule is Cc1ncoc1C(=O)NCCc1ccc(S(=O)(=O)Cl)cc1. The molecule has 1 aromatic carbocycles. The van der Waals surface area contributed by atoms with Gasteiger partial charge in [0.15, 0.2) is 6.39 Å². The number of hydrogen-bond acceptors (Lipinski definition) is 5. The van der Waals surface area contributed by atoms with E-state index in [0.717, 1.165) is 5.56 Å². The fourth-order valence-electron chi connectivity index (χ4n) is 1.74. The summed E-state index contributed by atoms with van der Waals surface area (Å²) >= 11 is 0. The Labute approximate surface area is 126 Å². The molecule has 6 nitrogen and oxygen atoms in total. The average Bonchev–Trinajstić information content (AvgIpc) is 2.84. The zero-order valence-corrected chi connectivity index (χ0v) is 12.7. The first-order chi connectivity index (χ1) is 9.88. The summed E-state index contributed by atoms with van der Waals surface area (Å²) in [7, 11) is 1.52. The van der Waals surface area contributed by atoms with E-state index in [2.05, 4.69) is 10.3 Å². The summed E-state index contributed by atoms with van der Waals surface area (Å²) in [4.78, 5) is 15.7. The molecular formula is C13H13ClN2O4S. The lowest BCUT2D eigenvalue weighted by Gasteiger charge is -2.04. The maximum atomic E-state index is 11.8. The summed E-state index contributed by atoms with van der Waals surface area (Å²) in [6.45, 7) is 2.08.